The molecule has 0 aliphatic heterocycles. The van der Waals surface area contributed by atoms with Crippen LogP contribution in [0.15, 0.2) is 24.3 Å². The van der Waals surface area contributed by atoms with Gasteiger partial charge in [-0.05, 0) is 11.1 Å². The van der Waals surface area contributed by atoms with Crippen LogP contribution in [0.25, 0.3) is 11.1 Å². The highest BCUT2D eigenvalue weighted by atomic mass is 127. The van der Waals surface area contributed by atoms with Gasteiger partial charge in [0.1, 0.15) is 0 Å². The molecule has 0 spiro atoms. The number of aliphatic hydroxyl groups excluding tert-OH is 1. The van der Waals surface area contributed by atoms with Crippen LogP contribution in [-0.2, 0) is 0 Å². The molecule has 2 rings (SSSR count). The van der Waals surface area contributed by atoms with Crippen molar-refractivity contribution in [3.63, 3.8) is 0 Å². The third kappa shape index (κ3) is 1.43. The summed E-state index contributed by atoms with van der Waals surface area (Å²) in [4.78, 5) is 0. The van der Waals surface area contributed by atoms with Gasteiger partial charge in [0.2, 0.25) is 0 Å². The Morgan fingerprint density at radius 2 is 1.11 bits per heavy atom. The lowest BCUT2D eigenvalue weighted by atomic mass is 9.95. The minimum absolute atomic E-state index is 0. The molecule has 0 atom stereocenters. The van der Waals surface area contributed by atoms with E-state index in [-0.39, 0.29) is 24.0 Å². The summed E-state index contributed by atoms with van der Waals surface area (Å²) in [5.74, 6) is 0. The quantitative estimate of drug-likeness (QED) is 0.692. The molecule has 0 heterocycles. The molecule has 0 saturated carbocycles. The zero-order valence-corrected chi connectivity index (χ0v) is 7.50. The number of hydrogen-bond donors (Lipinski definition) is 1. The van der Waals surface area contributed by atoms with Gasteiger partial charge in [0.15, 0.2) is 0 Å². The van der Waals surface area contributed by atoms with E-state index in [1.165, 1.54) is 11.1 Å². The molecule has 0 aromatic carbocycles. The van der Waals surface area contributed by atoms with Gasteiger partial charge in [0.25, 0.3) is 0 Å². The van der Waals surface area contributed by atoms with Gasteiger partial charge in [-0.25, -0.2) is 0 Å². The van der Waals surface area contributed by atoms with Crippen LogP contribution in [0.2, 0.25) is 0 Å². The second-order valence-electron chi connectivity index (χ2n) is 1.58. The lowest BCUT2D eigenvalue weighted by molar-refractivity contribution is 0.399. The van der Waals surface area contributed by atoms with Gasteiger partial charge in [0.05, 0.1) is 0 Å². The maximum absolute atomic E-state index is 7.00. The molecule has 1 N–H and O–H groups in total. The topological polar surface area (TPSA) is 20.2 Å². The van der Waals surface area contributed by atoms with Gasteiger partial charge in [-0.1, -0.05) is 24.3 Å². The molecular weight excluding hydrogens is 227 g/mol. The SMILES string of the molecule is CO.I.c1cc2ccc1-2. The lowest BCUT2D eigenvalue weighted by Gasteiger charge is -2.10. The number of fused-ring (bicyclic) bond motifs is 1. The van der Waals surface area contributed by atoms with Crippen LogP contribution in [0, 0.1) is 0 Å². The van der Waals surface area contributed by atoms with Crippen molar-refractivity contribution in [3.05, 3.63) is 24.3 Å². The fraction of sp³-hybridized carbons (Fsp3) is 0.143. The summed E-state index contributed by atoms with van der Waals surface area (Å²) >= 11 is 0. The highest BCUT2D eigenvalue weighted by Gasteiger charge is 2.03. The fourth-order valence-corrected chi connectivity index (χ4v) is 0.663. The van der Waals surface area contributed by atoms with E-state index in [9.17, 15) is 0 Å². The van der Waals surface area contributed by atoms with E-state index in [1.807, 2.05) is 0 Å². The molecule has 0 aromatic rings. The summed E-state index contributed by atoms with van der Waals surface area (Å²) < 4.78 is 0. The zero-order valence-electron chi connectivity index (χ0n) is 5.16. The Bertz CT molecular complexity index is 148. The molecule has 0 bridgehead atoms. The van der Waals surface area contributed by atoms with Crippen molar-refractivity contribution >= 4 is 24.0 Å². The molecule has 1 nitrogen and oxygen atoms in total. The smallest absolute Gasteiger partial charge is 0.0319 e. The lowest BCUT2D eigenvalue weighted by Crippen LogP contribution is -1.85. The van der Waals surface area contributed by atoms with Gasteiger partial charge in [0, 0.05) is 7.11 Å². The van der Waals surface area contributed by atoms with Gasteiger partial charge < -0.3 is 5.11 Å². The highest BCUT2D eigenvalue weighted by molar-refractivity contribution is 14.0. The minimum atomic E-state index is 0. The second-order valence-corrected chi connectivity index (χ2v) is 1.58. The molecule has 2 aliphatic carbocycles. The summed E-state index contributed by atoms with van der Waals surface area (Å²) in [5, 5.41) is 7.00. The first-order chi connectivity index (χ1) is 3.97. The van der Waals surface area contributed by atoms with Crippen molar-refractivity contribution in [2.75, 3.05) is 7.11 Å². The molecule has 0 fully saturated rings. The van der Waals surface area contributed by atoms with Crippen molar-refractivity contribution in [1.82, 2.24) is 0 Å². The summed E-state index contributed by atoms with van der Waals surface area (Å²) in [6.07, 6.45) is 0. The van der Waals surface area contributed by atoms with Crippen LogP contribution >= 0.6 is 24.0 Å². The molecule has 2 aliphatic rings. The van der Waals surface area contributed by atoms with Crippen molar-refractivity contribution in [2.45, 2.75) is 0 Å². The monoisotopic (exact) mass is 236 g/mol. The number of halogens is 1. The largest absolute Gasteiger partial charge is 0.400 e. The molecule has 0 amide bonds. The average molecular weight is 236 g/mol. The van der Waals surface area contributed by atoms with Crippen molar-refractivity contribution in [3.8, 4) is 11.1 Å². The predicted molar refractivity (Wildman–Crippen MR) is 49.0 cm³/mol. The molecule has 0 radical (unpaired) electrons. The van der Waals surface area contributed by atoms with Gasteiger partial charge in [-0.3, -0.25) is 0 Å². The summed E-state index contributed by atoms with van der Waals surface area (Å²) in [6, 6.07) is 8.48. The van der Waals surface area contributed by atoms with Crippen LogP contribution < -0.4 is 0 Å². The summed E-state index contributed by atoms with van der Waals surface area (Å²) in [7, 11) is 1.00. The second kappa shape index (κ2) is 3.85. The Labute approximate surface area is 71.7 Å². The number of hydrogen-bond acceptors (Lipinski definition) is 1. The zero-order chi connectivity index (χ0) is 5.98. The Morgan fingerprint density at radius 1 is 0.889 bits per heavy atom. The summed E-state index contributed by atoms with van der Waals surface area (Å²) in [5.41, 5.74) is 2.85. The third-order valence-electron chi connectivity index (χ3n) is 1.22. The summed E-state index contributed by atoms with van der Waals surface area (Å²) in [6.45, 7) is 0. The maximum Gasteiger partial charge on any atom is 0.0319 e. The normalized spacial score (nSPS) is 8.22. The van der Waals surface area contributed by atoms with E-state index < -0.39 is 0 Å². The predicted octanol–water partition coefficient (Wildman–Crippen LogP) is 1.89. The van der Waals surface area contributed by atoms with E-state index in [2.05, 4.69) is 24.3 Å². The Kier molecular flexibility index (Phi) is 3.81. The molecule has 0 aromatic heterocycles. The van der Waals surface area contributed by atoms with Crippen molar-refractivity contribution < 1.29 is 5.11 Å². The number of rotatable bonds is 0. The first-order valence-corrected chi connectivity index (χ1v) is 2.52. The van der Waals surface area contributed by atoms with Gasteiger partial charge in [-0.2, -0.15) is 0 Å². The molecule has 2 heteroatoms. The first kappa shape index (κ1) is 8.91. The standard InChI is InChI=1S/C6H4.CH4O.HI/c1-2-6-4-3-5(1)6;1-2;/h1-4H;2H,1H3;1H. The van der Waals surface area contributed by atoms with E-state index in [1.54, 1.807) is 0 Å². The average Bonchev–Trinajstić information content (AvgIpc) is 1.83. The first-order valence-electron chi connectivity index (χ1n) is 2.52. The van der Waals surface area contributed by atoms with Crippen molar-refractivity contribution in [1.29, 1.82) is 0 Å². The van der Waals surface area contributed by atoms with Crippen LogP contribution in [0.1, 0.15) is 0 Å². The van der Waals surface area contributed by atoms with Crippen LogP contribution in [0.3, 0.4) is 0 Å². The molecular formula is C7H9IO. The van der Waals surface area contributed by atoms with Gasteiger partial charge in [-0.15, -0.1) is 24.0 Å². The van der Waals surface area contributed by atoms with E-state index >= 15 is 0 Å². The molecule has 0 unspecified atom stereocenters. The molecule has 50 valence electrons. The highest BCUT2D eigenvalue weighted by Crippen LogP contribution is 2.29. The number of benzene rings is 1. The van der Waals surface area contributed by atoms with Gasteiger partial charge >= 0.3 is 0 Å². The van der Waals surface area contributed by atoms with E-state index in [0.717, 1.165) is 7.11 Å². The van der Waals surface area contributed by atoms with Crippen LogP contribution in [0.4, 0.5) is 0 Å². The molecule has 9 heavy (non-hydrogen) atoms. The van der Waals surface area contributed by atoms with E-state index in [0.29, 0.717) is 0 Å². The Hall–Kier alpha value is -0.0900. The third-order valence-corrected chi connectivity index (χ3v) is 1.22. The van der Waals surface area contributed by atoms with Crippen LogP contribution in [0.5, 0.6) is 0 Å². The number of aliphatic hydroxyl groups is 1. The minimum Gasteiger partial charge on any atom is -0.400 e. The Morgan fingerprint density at radius 3 is 1.11 bits per heavy atom. The fourth-order valence-electron chi connectivity index (χ4n) is 0.663. The van der Waals surface area contributed by atoms with Crippen molar-refractivity contribution in [2.24, 2.45) is 0 Å². The molecule has 0 saturated heterocycles. The maximum atomic E-state index is 7.00. The van der Waals surface area contributed by atoms with E-state index in [4.69, 9.17) is 5.11 Å². The Balaban J connectivity index is 0.000000198. The van der Waals surface area contributed by atoms with Crippen LogP contribution in [-0.4, -0.2) is 12.2 Å².